The van der Waals surface area contributed by atoms with Crippen LogP contribution in [0.5, 0.6) is 0 Å². The highest BCUT2D eigenvalue weighted by atomic mass is 16.2. The van der Waals surface area contributed by atoms with E-state index in [1.54, 1.807) is 12.1 Å². The number of hydrogen-bond acceptors (Lipinski definition) is 5. The third-order valence-electron chi connectivity index (χ3n) is 5.51. The molecular weight excluding hydrogens is 392 g/mol. The lowest BCUT2D eigenvalue weighted by atomic mass is 9.95. The van der Waals surface area contributed by atoms with Gasteiger partial charge >= 0.3 is 0 Å². The van der Waals surface area contributed by atoms with Gasteiger partial charge in [0.2, 0.25) is 11.7 Å². The highest BCUT2D eigenvalue weighted by Crippen LogP contribution is 2.25. The molecule has 4 rings (SSSR count). The molecule has 2 N–H and O–H groups in total. The number of nitrogens with one attached hydrogen (secondary N) is 2. The molecule has 1 aromatic heterocycles. The molecule has 8 nitrogen and oxygen atoms in total. The molecule has 1 fully saturated rings. The van der Waals surface area contributed by atoms with Crippen LogP contribution >= 0.6 is 0 Å². The number of hydrogen-bond donors (Lipinski definition) is 2. The number of tetrazole rings is 1. The van der Waals surface area contributed by atoms with Crippen LogP contribution in [0.2, 0.25) is 0 Å². The fourth-order valence-electron chi connectivity index (χ4n) is 3.87. The summed E-state index contributed by atoms with van der Waals surface area (Å²) in [5, 5.41) is 18.5. The number of aryl methyl sites for hydroxylation is 1. The van der Waals surface area contributed by atoms with E-state index in [1.807, 2.05) is 43.3 Å². The largest absolute Gasteiger partial charge is 0.352 e. The summed E-state index contributed by atoms with van der Waals surface area (Å²) >= 11 is 0. The van der Waals surface area contributed by atoms with Gasteiger partial charge < -0.3 is 10.6 Å². The van der Waals surface area contributed by atoms with E-state index in [2.05, 4.69) is 26.0 Å². The zero-order valence-electron chi connectivity index (χ0n) is 17.5. The van der Waals surface area contributed by atoms with E-state index in [4.69, 9.17) is 0 Å². The minimum Gasteiger partial charge on any atom is -0.352 e. The molecule has 0 aliphatic heterocycles. The molecule has 0 atom stereocenters. The molecule has 0 bridgehead atoms. The van der Waals surface area contributed by atoms with Gasteiger partial charge in [0, 0.05) is 17.2 Å². The van der Waals surface area contributed by atoms with Crippen molar-refractivity contribution in [2.24, 2.45) is 0 Å². The van der Waals surface area contributed by atoms with Gasteiger partial charge in [0.25, 0.3) is 5.91 Å². The average molecular weight is 419 g/mol. The molecule has 1 saturated carbocycles. The van der Waals surface area contributed by atoms with Crippen LogP contribution in [0.15, 0.2) is 48.5 Å². The van der Waals surface area contributed by atoms with Gasteiger partial charge in [0.15, 0.2) is 0 Å². The van der Waals surface area contributed by atoms with E-state index in [0.717, 1.165) is 31.2 Å². The van der Waals surface area contributed by atoms with E-state index in [9.17, 15) is 9.59 Å². The SMILES string of the molecule is Cc1ccccc1C(=O)Nc1ccccc1-c1nnn(CC(=O)NC2CCCCC2)n1. The zero-order chi connectivity index (χ0) is 21.6. The lowest BCUT2D eigenvalue weighted by Crippen LogP contribution is -2.38. The molecule has 160 valence electrons. The van der Waals surface area contributed by atoms with Crippen molar-refractivity contribution in [1.29, 1.82) is 0 Å². The minimum absolute atomic E-state index is 0.0151. The molecule has 2 amide bonds. The number of carbonyl (C=O) groups is 2. The summed E-state index contributed by atoms with van der Waals surface area (Å²) in [6, 6.07) is 14.9. The van der Waals surface area contributed by atoms with Gasteiger partial charge in [-0.25, -0.2) is 0 Å². The molecule has 3 aromatic rings. The van der Waals surface area contributed by atoms with Crippen LogP contribution in [-0.4, -0.2) is 38.1 Å². The maximum atomic E-state index is 12.7. The van der Waals surface area contributed by atoms with Gasteiger partial charge in [0.05, 0.1) is 5.69 Å². The molecule has 8 heteroatoms. The summed E-state index contributed by atoms with van der Waals surface area (Å²) in [6.07, 6.45) is 5.59. The third-order valence-corrected chi connectivity index (χ3v) is 5.51. The van der Waals surface area contributed by atoms with Gasteiger partial charge in [-0.05, 0) is 48.7 Å². The standard InChI is InChI=1S/C23H26N6O2/c1-16-9-5-6-12-18(16)23(31)25-20-14-8-7-13-19(20)22-26-28-29(27-22)15-21(30)24-17-10-3-2-4-11-17/h5-9,12-14,17H,2-4,10-11,15H2,1H3,(H,24,30)(H,25,31). The van der Waals surface area contributed by atoms with Gasteiger partial charge in [-0.1, -0.05) is 49.6 Å². The molecule has 2 aromatic carbocycles. The lowest BCUT2D eigenvalue weighted by molar-refractivity contribution is -0.123. The van der Waals surface area contributed by atoms with E-state index < -0.39 is 0 Å². The minimum atomic E-state index is -0.204. The number of benzene rings is 2. The lowest BCUT2D eigenvalue weighted by Gasteiger charge is -2.22. The number of aromatic nitrogens is 4. The van der Waals surface area contributed by atoms with Gasteiger partial charge in [-0.15, -0.1) is 10.2 Å². The molecule has 1 heterocycles. The fraction of sp³-hybridized carbons (Fsp3) is 0.348. The normalized spacial score (nSPS) is 14.2. The van der Waals surface area contributed by atoms with Crippen LogP contribution in [0, 0.1) is 6.92 Å². The van der Waals surface area contributed by atoms with Crippen LogP contribution < -0.4 is 10.6 Å². The molecule has 0 radical (unpaired) electrons. The third kappa shape index (κ3) is 5.14. The van der Waals surface area contributed by atoms with Crippen molar-refractivity contribution in [3.63, 3.8) is 0 Å². The molecule has 0 saturated heterocycles. The van der Waals surface area contributed by atoms with Crippen molar-refractivity contribution in [2.75, 3.05) is 5.32 Å². The Bertz CT molecular complexity index is 1070. The van der Waals surface area contributed by atoms with Crippen LogP contribution in [0.4, 0.5) is 5.69 Å². The van der Waals surface area contributed by atoms with Crippen LogP contribution in [0.1, 0.15) is 48.0 Å². The Kier molecular flexibility index (Phi) is 6.35. The number of rotatable bonds is 6. The van der Waals surface area contributed by atoms with E-state index in [1.165, 1.54) is 11.2 Å². The second kappa shape index (κ2) is 9.51. The number of nitrogens with zero attached hydrogens (tertiary/aromatic N) is 4. The first-order valence-electron chi connectivity index (χ1n) is 10.6. The maximum Gasteiger partial charge on any atom is 0.255 e. The average Bonchev–Trinajstić information content (AvgIpc) is 3.23. The maximum absolute atomic E-state index is 12.7. The first-order chi connectivity index (χ1) is 15.1. The smallest absolute Gasteiger partial charge is 0.255 e. The number of carbonyl (C=O) groups excluding carboxylic acids is 2. The molecular formula is C23H26N6O2. The first-order valence-corrected chi connectivity index (χ1v) is 10.6. The second-order valence-electron chi connectivity index (χ2n) is 7.86. The molecule has 0 spiro atoms. The molecule has 1 aliphatic carbocycles. The summed E-state index contributed by atoms with van der Waals surface area (Å²) in [5.41, 5.74) is 2.73. The Morgan fingerprint density at radius 1 is 1.03 bits per heavy atom. The van der Waals surface area contributed by atoms with Crippen LogP contribution in [0.3, 0.4) is 0 Å². The molecule has 0 unspecified atom stereocenters. The summed E-state index contributed by atoms with van der Waals surface area (Å²) < 4.78 is 0. The second-order valence-corrected chi connectivity index (χ2v) is 7.86. The predicted molar refractivity (Wildman–Crippen MR) is 117 cm³/mol. The Balaban J connectivity index is 1.46. The summed E-state index contributed by atoms with van der Waals surface area (Å²) in [7, 11) is 0. The first kappa shape index (κ1) is 20.7. The molecule has 31 heavy (non-hydrogen) atoms. The topological polar surface area (TPSA) is 102 Å². The predicted octanol–water partition coefficient (Wildman–Crippen LogP) is 3.35. The molecule has 1 aliphatic rings. The monoisotopic (exact) mass is 418 g/mol. The Labute approximate surface area is 181 Å². The Morgan fingerprint density at radius 3 is 2.58 bits per heavy atom. The summed E-state index contributed by atoms with van der Waals surface area (Å²) in [6.45, 7) is 1.91. The number of para-hydroxylation sites is 1. The van der Waals surface area contributed by atoms with Crippen molar-refractivity contribution >= 4 is 17.5 Å². The van der Waals surface area contributed by atoms with Crippen LogP contribution in [-0.2, 0) is 11.3 Å². The van der Waals surface area contributed by atoms with Gasteiger partial charge in [-0.2, -0.15) is 4.80 Å². The van der Waals surface area contributed by atoms with E-state index >= 15 is 0 Å². The summed E-state index contributed by atoms with van der Waals surface area (Å²) in [4.78, 5) is 26.3. The van der Waals surface area contributed by atoms with E-state index in [-0.39, 0.29) is 24.4 Å². The summed E-state index contributed by atoms with van der Waals surface area (Å²) in [5.74, 6) is 0.0351. The van der Waals surface area contributed by atoms with E-state index in [0.29, 0.717) is 22.6 Å². The van der Waals surface area contributed by atoms with Crippen molar-refractivity contribution in [3.05, 3.63) is 59.7 Å². The van der Waals surface area contributed by atoms with Crippen molar-refractivity contribution in [1.82, 2.24) is 25.5 Å². The number of anilines is 1. The van der Waals surface area contributed by atoms with Crippen molar-refractivity contribution < 1.29 is 9.59 Å². The van der Waals surface area contributed by atoms with Crippen molar-refractivity contribution in [2.45, 2.75) is 51.6 Å². The van der Waals surface area contributed by atoms with Gasteiger partial charge in [-0.3, -0.25) is 9.59 Å². The quantitative estimate of drug-likeness (QED) is 0.639. The Morgan fingerprint density at radius 2 is 1.77 bits per heavy atom. The van der Waals surface area contributed by atoms with Crippen LogP contribution in [0.25, 0.3) is 11.4 Å². The van der Waals surface area contributed by atoms with Crippen molar-refractivity contribution in [3.8, 4) is 11.4 Å². The number of amides is 2. The zero-order valence-corrected chi connectivity index (χ0v) is 17.5. The fourth-order valence-corrected chi connectivity index (χ4v) is 3.87. The highest BCUT2D eigenvalue weighted by molar-refractivity contribution is 6.06. The highest BCUT2D eigenvalue weighted by Gasteiger charge is 2.18. The van der Waals surface area contributed by atoms with Gasteiger partial charge in [0.1, 0.15) is 6.54 Å². The Hall–Kier alpha value is -3.55.